The van der Waals surface area contributed by atoms with E-state index in [0.29, 0.717) is 12.8 Å². The highest BCUT2D eigenvalue weighted by Crippen LogP contribution is 2.43. The molecule has 0 aromatic rings. The first-order valence-electron chi connectivity index (χ1n) is 21.0. The number of aliphatic hydroxyl groups is 2. The molecule has 1 unspecified atom stereocenters. The summed E-state index contributed by atoms with van der Waals surface area (Å²) >= 11 is 0. The quantitative estimate of drug-likeness (QED) is 0.0314. The lowest BCUT2D eigenvalue weighted by molar-refractivity contribution is -0.161. The van der Waals surface area contributed by atoms with Crippen LogP contribution in [0, 0.1) is 0 Å². The Labute approximate surface area is 312 Å². The molecule has 0 fully saturated rings. The molecular formula is C40H79O10P. The smallest absolute Gasteiger partial charge is 0.462 e. The predicted molar refractivity (Wildman–Crippen MR) is 206 cm³/mol. The second kappa shape index (κ2) is 37.3. The zero-order chi connectivity index (χ0) is 37.7. The Hall–Kier alpha value is -1.03. The minimum Gasteiger partial charge on any atom is -0.462 e. The minimum absolute atomic E-state index is 0.191. The maximum Gasteiger partial charge on any atom is 0.472 e. The molecule has 0 saturated carbocycles. The number of carbonyl (C=O) groups is 2. The van der Waals surface area contributed by atoms with Gasteiger partial charge in [0.1, 0.15) is 12.7 Å². The van der Waals surface area contributed by atoms with E-state index in [4.69, 9.17) is 19.1 Å². The van der Waals surface area contributed by atoms with Crippen molar-refractivity contribution >= 4 is 19.8 Å². The molecule has 10 nitrogen and oxygen atoms in total. The molecule has 0 bridgehead atoms. The van der Waals surface area contributed by atoms with Crippen molar-refractivity contribution in [2.45, 2.75) is 219 Å². The van der Waals surface area contributed by atoms with Gasteiger partial charge in [-0.2, -0.15) is 0 Å². The molecule has 0 aromatic heterocycles. The maximum atomic E-state index is 12.5. The molecule has 0 rings (SSSR count). The van der Waals surface area contributed by atoms with Gasteiger partial charge in [-0.3, -0.25) is 18.6 Å². The lowest BCUT2D eigenvalue weighted by Gasteiger charge is -2.20. The van der Waals surface area contributed by atoms with E-state index < -0.39 is 51.8 Å². The normalized spacial score (nSPS) is 13.9. The van der Waals surface area contributed by atoms with E-state index in [-0.39, 0.29) is 19.4 Å². The Kier molecular flexibility index (Phi) is 36.5. The molecule has 0 amide bonds. The molecule has 0 saturated heterocycles. The number of hydrogen-bond donors (Lipinski definition) is 3. The van der Waals surface area contributed by atoms with Gasteiger partial charge in [0.05, 0.1) is 19.8 Å². The second-order valence-electron chi connectivity index (χ2n) is 14.4. The summed E-state index contributed by atoms with van der Waals surface area (Å²) in [5, 5.41) is 18.3. The van der Waals surface area contributed by atoms with Crippen LogP contribution in [0.4, 0.5) is 0 Å². The monoisotopic (exact) mass is 751 g/mol. The minimum atomic E-state index is -4.60. The van der Waals surface area contributed by atoms with Crippen molar-refractivity contribution < 1.29 is 47.8 Å². The molecule has 0 aliphatic carbocycles. The summed E-state index contributed by atoms with van der Waals surface area (Å²) in [6.07, 6.45) is 32.1. The van der Waals surface area contributed by atoms with Gasteiger partial charge in [0.15, 0.2) is 6.10 Å². The number of rotatable bonds is 40. The maximum absolute atomic E-state index is 12.5. The van der Waals surface area contributed by atoms with E-state index in [2.05, 4.69) is 18.4 Å². The summed E-state index contributed by atoms with van der Waals surface area (Å²) in [5.41, 5.74) is 0. The molecule has 0 aliphatic rings. The molecule has 3 atom stereocenters. The first kappa shape index (κ1) is 50.0. The van der Waals surface area contributed by atoms with Crippen LogP contribution in [-0.4, -0.2) is 65.7 Å². The van der Waals surface area contributed by atoms with Crippen LogP contribution in [0.15, 0.2) is 0 Å². The number of phosphoric acid groups is 1. The van der Waals surface area contributed by atoms with E-state index >= 15 is 0 Å². The zero-order valence-corrected chi connectivity index (χ0v) is 33.7. The number of esters is 2. The number of aliphatic hydroxyl groups excluding tert-OH is 2. The van der Waals surface area contributed by atoms with Gasteiger partial charge in [0.2, 0.25) is 0 Å². The third-order valence-corrected chi connectivity index (χ3v) is 10.2. The van der Waals surface area contributed by atoms with Gasteiger partial charge < -0.3 is 24.6 Å². The van der Waals surface area contributed by atoms with Crippen LogP contribution in [-0.2, 0) is 32.7 Å². The Morgan fingerprint density at radius 1 is 0.510 bits per heavy atom. The van der Waals surface area contributed by atoms with Crippen molar-refractivity contribution in [1.82, 2.24) is 0 Å². The van der Waals surface area contributed by atoms with Crippen LogP contribution in [0.2, 0.25) is 0 Å². The summed E-state index contributed by atoms with van der Waals surface area (Å²) < 4.78 is 32.6. The van der Waals surface area contributed by atoms with Crippen molar-refractivity contribution in [3.05, 3.63) is 0 Å². The van der Waals surface area contributed by atoms with Gasteiger partial charge >= 0.3 is 19.8 Å². The van der Waals surface area contributed by atoms with E-state index in [0.717, 1.165) is 32.1 Å². The summed E-state index contributed by atoms with van der Waals surface area (Å²) in [6, 6.07) is 0. The Morgan fingerprint density at radius 3 is 1.22 bits per heavy atom. The summed E-state index contributed by atoms with van der Waals surface area (Å²) in [6.45, 7) is 2.40. The number of hydrogen-bond acceptors (Lipinski definition) is 9. The van der Waals surface area contributed by atoms with Crippen LogP contribution < -0.4 is 0 Å². The van der Waals surface area contributed by atoms with Gasteiger partial charge in [0.25, 0.3) is 0 Å². The number of unbranched alkanes of at least 4 members (excludes halogenated alkanes) is 26. The van der Waals surface area contributed by atoms with Gasteiger partial charge in [-0.25, -0.2) is 4.57 Å². The highest BCUT2D eigenvalue weighted by Gasteiger charge is 2.27. The highest BCUT2D eigenvalue weighted by atomic mass is 31.2. The average Bonchev–Trinajstić information content (AvgIpc) is 3.12. The molecule has 0 heterocycles. The van der Waals surface area contributed by atoms with E-state index in [1.54, 1.807) is 0 Å². The standard InChI is InChI=1S/C40H79O10P/c1-3-5-7-9-11-13-15-16-17-18-19-20-22-23-25-27-29-31-39(43)47-35-38(36-49-51(45,46)48-34-37(42)33-41)50-40(44)32-30-28-26-24-21-14-12-10-8-6-4-2/h37-38,41-42H,3-36H2,1-2H3,(H,45,46)/t37-,38+/m1/s1. The second-order valence-corrected chi connectivity index (χ2v) is 15.8. The van der Waals surface area contributed by atoms with Crippen LogP contribution in [0.5, 0.6) is 0 Å². The van der Waals surface area contributed by atoms with Crippen LogP contribution >= 0.6 is 7.82 Å². The fraction of sp³-hybridized carbons (Fsp3) is 0.950. The number of carbonyl (C=O) groups excluding carboxylic acids is 2. The number of phosphoric ester groups is 1. The molecule has 0 spiro atoms. The van der Waals surface area contributed by atoms with Crippen molar-refractivity contribution in [3.63, 3.8) is 0 Å². The van der Waals surface area contributed by atoms with Gasteiger partial charge in [0, 0.05) is 12.8 Å². The summed E-state index contributed by atoms with van der Waals surface area (Å²) in [4.78, 5) is 34.9. The lowest BCUT2D eigenvalue weighted by Crippen LogP contribution is -2.29. The molecular weight excluding hydrogens is 671 g/mol. The fourth-order valence-electron chi connectivity index (χ4n) is 5.99. The Balaban J connectivity index is 4.23. The van der Waals surface area contributed by atoms with Crippen molar-refractivity contribution in [3.8, 4) is 0 Å². The predicted octanol–water partition coefficient (Wildman–Crippen LogP) is 10.7. The van der Waals surface area contributed by atoms with Crippen molar-refractivity contribution in [1.29, 1.82) is 0 Å². The van der Waals surface area contributed by atoms with Crippen LogP contribution in [0.3, 0.4) is 0 Å². The third kappa shape index (κ3) is 37.1. The summed E-state index contributed by atoms with van der Waals surface area (Å²) in [5.74, 6) is -0.912. The molecule has 0 aliphatic heterocycles. The van der Waals surface area contributed by atoms with Crippen LogP contribution in [0.1, 0.15) is 206 Å². The molecule has 3 N–H and O–H groups in total. The first-order chi connectivity index (χ1) is 24.7. The highest BCUT2D eigenvalue weighted by molar-refractivity contribution is 7.47. The largest absolute Gasteiger partial charge is 0.472 e. The molecule has 11 heteroatoms. The van der Waals surface area contributed by atoms with E-state index in [9.17, 15) is 24.2 Å². The summed E-state index contributed by atoms with van der Waals surface area (Å²) in [7, 11) is -4.60. The average molecular weight is 751 g/mol. The topological polar surface area (TPSA) is 149 Å². The zero-order valence-electron chi connectivity index (χ0n) is 32.8. The van der Waals surface area contributed by atoms with Gasteiger partial charge in [-0.05, 0) is 12.8 Å². The van der Waals surface area contributed by atoms with Gasteiger partial charge in [-0.1, -0.05) is 181 Å². The Morgan fingerprint density at radius 2 is 0.843 bits per heavy atom. The molecule has 51 heavy (non-hydrogen) atoms. The SMILES string of the molecule is CCCCCCCCCCCCCCCCCCCC(=O)OC[C@@H](COP(=O)(O)OC[C@H](O)CO)OC(=O)CCCCCCCCCCCCC. The van der Waals surface area contributed by atoms with E-state index in [1.165, 1.54) is 135 Å². The van der Waals surface area contributed by atoms with Crippen molar-refractivity contribution in [2.24, 2.45) is 0 Å². The fourth-order valence-corrected chi connectivity index (χ4v) is 6.78. The number of ether oxygens (including phenoxy) is 2. The third-order valence-electron chi connectivity index (χ3n) is 9.26. The first-order valence-corrected chi connectivity index (χ1v) is 22.5. The van der Waals surface area contributed by atoms with Gasteiger partial charge in [-0.15, -0.1) is 0 Å². The molecule has 0 radical (unpaired) electrons. The van der Waals surface area contributed by atoms with Crippen LogP contribution in [0.25, 0.3) is 0 Å². The lowest BCUT2D eigenvalue weighted by atomic mass is 10.0. The van der Waals surface area contributed by atoms with Crippen molar-refractivity contribution in [2.75, 3.05) is 26.4 Å². The molecule has 0 aromatic carbocycles. The Bertz CT molecular complexity index is 827. The molecule has 304 valence electrons. The van der Waals surface area contributed by atoms with E-state index in [1.807, 2.05) is 0 Å².